The molecule has 5 heteroatoms. The van der Waals surface area contributed by atoms with Gasteiger partial charge in [-0.15, -0.1) is 0 Å². The normalized spacial score (nSPS) is 45.4. The molecule has 4 fully saturated rings. The molecule has 4 aliphatic carbocycles. The monoisotopic (exact) mass is 270 g/mol. The van der Waals surface area contributed by atoms with Crippen LogP contribution in [0.5, 0.6) is 0 Å². The van der Waals surface area contributed by atoms with Gasteiger partial charge in [0.05, 0.1) is 5.75 Å². The van der Waals surface area contributed by atoms with Crippen molar-refractivity contribution in [2.24, 2.45) is 23.2 Å². The zero-order chi connectivity index (χ0) is 10.7. The second kappa shape index (κ2) is 4.58. The van der Waals surface area contributed by atoms with Crippen molar-refractivity contribution in [3.63, 3.8) is 0 Å². The maximum atomic E-state index is 11.1. The van der Waals surface area contributed by atoms with Crippen molar-refractivity contribution in [1.82, 2.24) is 0 Å². The average Bonchev–Trinajstić information content (AvgIpc) is 1.94. The average molecular weight is 270 g/mol. The molecule has 0 aromatic carbocycles. The van der Waals surface area contributed by atoms with E-state index >= 15 is 0 Å². The summed E-state index contributed by atoms with van der Waals surface area (Å²) in [5, 5.41) is 0. The van der Waals surface area contributed by atoms with Crippen LogP contribution in [0.15, 0.2) is 0 Å². The molecular weight excluding hydrogens is 251 g/mol. The maximum absolute atomic E-state index is 11.1. The van der Waals surface area contributed by atoms with Gasteiger partial charge in [0.1, 0.15) is 0 Å². The number of hydrogen-bond donors (Lipinski definition) is 1. The number of rotatable bonds is 2. The second-order valence-corrected chi connectivity index (χ2v) is 7.60. The van der Waals surface area contributed by atoms with E-state index in [9.17, 15) is 8.42 Å². The first-order valence-electron chi connectivity index (χ1n) is 5.89. The molecule has 88 valence electrons. The van der Waals surface area contributed by atoms with E-state index in [-0.39, 0.29) is 62.6 Å². The van der Waals surface area contributed by atoms with Gasteiger partial charge in [-0.1, -0.05) is 0 Å². The Bertz CT molecular complexity index is 341. The molecule has 0 heterocycles. The van der Waals surface area contributed by atoms with Crippen LogP contribution in [-0.2, 0) is 10.1 Å². The van der Waals surface area contributed by atoms with E-state index in [2.05, 4.69) is 0 Å². The van der Waals surface area contributed by atoms with Gasteiger partial charge < -0.3 is 0 Å². The molecule has 0 spiro atoms. The molecule has 4 saturated carbocycles. The Morgan fingerprint density at radius 1 is 1.00 bits per heavy atom. The van der Waals surface area contributed by atoms with Crippen molar-refractivity contribution in [1.29, 1.82) is 0 Å². The Hall–Kier alpha value is 1.55. The third kappa shape index (κ3) is 2.76. The summed E-state index contributed by atoms with van der Waals surface area (Å²) in [6.45, 7) is 0. The molecule has 4 aliphatic rings. The third-order valence-electron chi connectivity index (χ3n) is 4.65. The van der Waals surface area contributed by atoms with Gasteiger partial charge in [0.2, 0.25) is 0 Å². The van der Waals surface area contributed by atoms with Crippen LogP contribution in [0.2, 0.25) is 0 Å². The summed E-state index contributed by atoms with van der Waals surface area (Å²) in [4.78, 5) is 0. The summed E-state index contributed by atoms with van der Waals surface area (Å²) in [6, 6.07) is 0. The van der Waals surface area contributed by atoms with Gasteiger partial charge in [0, 0.05) is 0 Å². The standard InChI is InChI=1S/C11H18O3S.K.H/c12-15(13,14)7-11-4-8-1-9(5-11)3-10(2-8)6-11;;/h8-10H,1-7H2,(H,12,13,14);;. The molecule has 0 aliphatic heterocycles. The van der Waals surface area contributed by atoms with Gasteiger partial charge in [0.25, 0.3) is 10.1 Å². The van der Waals surface area contributed by atoms with Crippen LogP contribution in [0, 0.1) is 23.2 Å². The van der Waals surface area contributed by atoms with Crippen molar-refractivity contribution >= 4 is 61.5 Å². The Kier molecular flexibility index (Phi) is 4.00. The predicted molar refractivity (Wildman–Crippen MR) is 64.2 cm³/mol. The SMILES string of the molecule is O=S(=O)(O)CC12CC3CC(CC(C3)C1)C2.[KH]. The summed E-state index contributed by atoms with van der Waals surface area (Å²) < 4.78 is 31.2. The van der Waals surface area contributed by atoms with Crippen LogP contribution in [0.25, 0.3) is 0 Å². The van der Waals surface area contributed by atoms with Crippen molar-refractivity contribution < 1.29 is 13.0 Å². The van der Waals surface area contributed by atoms with Crippen molar-refractivity contribution in [3.05, 3.63) is 0 Å². The molecule has 1 N–H and O–H groups in total. The van der Waals surface area contributed by atoms with Crippen LogP contribution in [-0.4, -0.2) is 70.1 Å². The predicted octanol–water partition coefficient (Wildman–Crippen LogP) is 1.44. The van der Waals surface area contributed by atoms with E-state index in [0.29, 0.717) is 0 Å². The van der Waals surface area contributed by atoms with E-state index in [1.165, 1.54) is 19.3 Å². The first kappa shape index (κ1) is 14.0. The molecular formula is C11H19KO3S. The van der Waals surface area contributed by atoms with Gasteiger partial charge in [-0.25, -0.2) is 0 Å². The molecule has 0 amide bonds. The van der Waals surface area contributed by atoms with Crippen LogP contribution < -0.4 is 0 Å². The molecule has 16 heavy (non-hydrogen) atoms. The van der Waals surface area contributed by atoms with Gasteiger partial charge in [-0.3, -0.25) is 4.55 Å². The van der Waals surface area contributed by atoms with Crippen LogP contribution in [0.3, 0.4) is 0 Å². The fourth-order valence-corrected chi connectivity index (χ4v) is 5.98. The van der Waals surface area contributed by atoms with E-state index in [1.807, 2.05) is 0 Å². The zero-order valence-corrected chi connectivity index (χ0v) is 9.67. The minimum absolute atomic E-state index is 0. The molecule has 4 rings (SSSR count). The summed E-state index contributed by atoms with van der Waals surface area (Å²) in [5.74, 6) is 2.26. The van der Waals surface area contributed by atoms with E-state index in [4.69, 9.17) is 4.55 Å². The van der Waals surface area contributed by atoms with Crippen LogP contribution >= 0.6 is 0 Å². The molecule has 0 saturated heterocycles. The van der Waals surface area contributed by atoms with E-state index in [1.54, 1.807) is 0 Å². The quantitative estimate of drug-likeness (QED) is 0.610. The number of hydrogen-bond acceptors (Lipinski definition) is 2. The summed E-state index contributed by atoms with van der Waals surface area (Å²) in [6.07, 6.45) is 7.05. The van der Waals surface area contributed by atoms with Crippen molar-refractivity contribution in [3.8, 4) is 0 Å². The van der Waals surface area contributed by atoms with Gasteiger partial charge in [-0.05, 0) is 61.7 Å². The first-order chi connectivity index (χ1) is 6.94. The summed E-state index contributed by atoms with van der Waals surface area (Å²) >= 11 is 0. The fraction of sp³-hybridized carbons (Fsp3) is 1.00. The molecule has 3 nitrogen and oxygen atoms in total. The molecule has 0 atom stereocenters. The zero-order valence-electron chi connectivity index (χ0n) is 8.85. The molecule has 0 aromatic rings. The third-order valence-corrected chi connectivity index (χ3v) is 5.63. The topological polar surface area (TPSA) is 54.4 Å². The molecule has 4 bridgehead atoms. The Balaban J connectivity index is 0.000000963. The first-order valence-corrected chi connectivity index (χ1v) is 7.50. The fourth-order valence-electron chi connectivity index (χ4n) is 4.85. The van der Waals surface area contributed by atoms with Gasteiger partial charge >= 0.3 is 51.4 Å². The van der Waals surface area contributed by atoms with E-state index in [0.717, 1.165) is 37.0 Å². The Morgan fingerprint density at radius 3 is 1.69 bits per heavy atom. The Morgan fingerprint density at radius 2 is 1.38 bits per heavy atom. The summed E-state index contributed by atoms with van der Waals surface area (Å²) in [5.41, 5.74) is -0.0532. The summed E-state index contributed by atoms with van der Waals surface area (Å²) in [7, 11) is -3.79. The molecule has 0 unspecified atom stereocenters. The second-order valence-electron chi connectivity index (χ2n) is 6.14. The van der Waals surface area contributed by atoms with E-state index < -0.39 is 10.1 Å². The van der Waals surface area contributed by atoms with Gasteiger partial charge in [0.15, 0.2) is 0 Å². The van der Waals surface area contributed by atoms with Crippen molar-refractivity contribution in [2.45, 2.75) is 38.5 Å². The minimum atomic E-state index is -3.79. The van der Waals surface area contributed by atoms with Crippen molar-refractivity contribution in [2.75, 3.05) is 5.75 Å². The molecule has 0 radical (unpaired) electrons. The van der Waals surface area contributed by atoms with Crippen LogP contribution in [0.1, 0.15) is 38.5 Å². The van der Waals surface area contributed by atoms with Crippen LogP contribution in [0.4, 0.5) is 0 Å². The van der Waals surface area contributed by atoms with Gasteiger partial charge in [-0.2, -0.15) is 8.42 Å². The molecule has 0 aromatic heterocycles. The Labute approximate surface area is 140 Å².